The van der Waals surface area contributed by atoms with E-state index >= 15 is 0 Å². The summed E-state index contributed by atoms with van der Waals surface area (Å²) in [5.41, 5.74) is 7.54. The number of nitro benzene ring substituents is 1. The van der Waals surface area contributed by atoms with Crippen molar-refractivity contribution in [3.05, 3.63) is 68.7 Å². The van der Waals surface area contributed by atoms with Crippen molar-refractivity contribution in [3.63, 3.8) is 0 Å². The first-order valence-corrected chi connectivity index (χ1v) is 6.16. The zero-order valence-corrected chi connectivity index (χ0v) is 11.1. The maximum Gasteiger partial charge on any atom is 0.292 e. The maximum absolute atomic E-state index is 10.9. The van der Waals surface area contributed by atoms with Crippen LogP contribution in [0.1, 0.15) is 24.0 Å². The van der Waals surface area contributed by atoms with Crippen LogP contribution in [0.3, 0.4) is 0 Å². The molecule has 0 spiro atoms. The van der Waals surface area contributed by atoms with Gasteiger partial charge in [-0.1, -0.05) is 36.7 Å². The third-order valence-corrected chi connectivity index (χ3v) is 3.33. The van der Waals surface area contributed by atoms with Crippen molar-refractivity contribution in [2.45, 2.75) is 12.8 Å². The number of hydrogen-bond donors (Lipinski definition) is 1. The lowest BCUT2D eigenvalue weighted by Gasteiger charge is -2.13. The molecule has 1 atom stereocenters. The molecule has 2 rings (SSSR count). The van der Waals surface area contributed by atoms with E-state index in [0.717, 1.165) is 11.1 Å². The molecule has 0 aromatic heterocycles. The third kappa shape index (κ3) is 2.85. The van der Waals surface area contributed by atoms with Gasteiger partial charge in [0.2, 0.25) is 0 Å². The number of nitrogens with zero attached hydrogens (tertiary/aromatic N) is 1. The van der Waals surface area contributed by atoms with Crippen molar-refractivity contribution in [1.82, 2.24) is 0 Å². The molecule has 0 fully saturated rings. The first kappa shape index (κ1) is 13.4. The minimum Gasteiger partial charge on any atom is -0.393 e. The van der Waals surface area contributed by atoms with Gasteiger partial charge in [-0.15, -0.1) is 0 Å². The van der Waals surface area contributed by atoms with Gasteiger partial charge < -0.3 is 5.73 Å². The summed E-state index contributed by atoms with van der Waals surface area (Å²) < 4.78 is 0. The Hall–Kier alpha value is -2.07. The minimum atomic E-state index is -0.469. The van der Waals surface area contributed by atoms with Crippen molar-refractivity contribution in [3.8, 4) is 0 Å². The molecule has 19 heavy (non-hydrogen) atoms. The highest BCUT2D eigenvalue weighted by Crippen LogP contribution is 2.31. The second-order valence-corrected chi connectivity index (χ2v) is 4.79. The Balaban J connectivity index is 2.42. The molecule has 1 unspecified atom stereocenters. The fourth-order valence-electron chi connectivity index (χ4n) is 1.96. The quantitative estimate of drug-likeness (QED) is 0.524. The molecule has 4 nitrogen and oxygen atoms in total. The van der Waals surface area contributed by atoms with E-state index in [1.54, 1.807) is 18.2 Å². The van der Waals surface area contributed by atoms with Gasteiger partial charge >= 0.3 is 0 Å². The lowest BCUT2D eigenvalue weighted by molar-refractivity contribution is -0.384. The summed E-state index contributed by atoms with van der Waals surface area (Å²) >= 11 is 5.96. The highest BCUT2D eigenvalue weighted by molar-refractivity contribution is 6.30. The molecule has 98 valence electrons. The van der Waals surface area contributed by atoms with Gasteiger partial charge in [0.15, 0.2) is 0 Å². The topological polar surface area (TPSA) is 69.2 Å². The van der Waals surface area contributed by atoms with E-state index in [1.807, 2.05) is 25.1 Å². The van der Waals surface area contributed by atoms with Crippen LogP contribution in [0, 0.1) is 10.1 Å². The van der Waals surface area contributed by atoms with Crippen LogP contribution in [0.4, 0.5) is 11.4 Å². The van der Waals surface area contributed by atoms with E-state index in [0.29, 0.717) is 5.02 Å². The number of nitro groups is 1. The third-order valence-electron chi connectivity index (χ3n) is 3.10. The van der Waals surface area contributed by atoms with E-state index in [9.17, 15) is 10.1 Å². The molecule has 0 aliphatic rings. The summed E-state index contributed by atoms with van der Waals surface area (Å²) in [7, 11) is 0. The molecular formula is C14H13ClN2O2. The zero-order valence-electron chi connectivity index (χ0n) is 10.3. The number of halogens is 1. The smallest absolute Gasteiger partial charge is 0.292 e. The standard InChI is InChI=1S/C14H13ClN2O2/c1-9(10-3-2-4-12(15)7-10)11-5-6-13(16)14(8-11)17(18)19/h2-9H,16H2,1H3. The fraction of sp³-hybridized carbons (Fsp3) is 0.143. The van der Waals surface area contributed by atoms with Crippen LogP contribution in [-0.2, 0) is 0 Å². The van der Waals surface area contributed by atoms with Gasteiger partial charge in [0.1, 0.15) is 5.69 Å². The molecule has 2 aromatic rings. The van der Waals surface area contributed by atoms with Crippen molar-refractivity contribution >= 4 is 23.0 Å². The number of hydrogen-bond acceptors (Lipinski definition) is 3. The monoisotopic (exact) mass is 276 g/mol. The average Bonchev–Trinajstić information content (AvgIpc) is 2.38. The van der Waals surface area contributed by atoms with Crippen LogP contribution in [0.2, 0.25) is 5.02 Å². The molecular weight excluding hydrogens is 264 g/mol. The number of anilines is 1. The number of benzene rings is 2. The van der Waals surface area contributed by atoms with Gasteiger partial charge in [-0.25, -0.2) is 0 Å². The molecule has 0 saturated heterocycles. The van der Waals surface area contributed by atoms with E-state index in [2.05, 4.69) is 0 Å². The van der Waals surface area contributed by atoms with Gasteiger partial charge in [0.05, 0.1) is 4.92 Å². The summed E-state index contributed by atoms with van der Waals surface area (Å²) in [4.78, 5) is 10.4. The van der Waals surface area contributed by atoms with E-state index in [1.165, 1.54) is 6.07 Å². The predicted octanol–water partition coefficient (Wildman–Crippen LogP) is 3.98. The highest BCUT2D eigenvalue weighted by Gasteiger charge is 2.16. The van der Waals surface area contributed by atoms with Gasteiger partial charge in [-0.05, 0) is 29.3 Å². The Bertz CT molecular complexity index is 629. The minimum absolute atomic E-state index is 0.0120. The maximum atomic E-state index is 10.9. The molecule has 5 heteroatoms. The van der Waals surface area contributed by atoms with Crippen molar-refractivity contribution in [2.24, 2.45) is 0 Å². The van der Waals surface area contributed by atoms with Gasteiger partial charge in [0, 0.05) is 17.0 Å². The van der Waals surface area contributed by atoms with Crippen LogP contribution in [0.5, 0.6) is 0 Å². The molecule has 2 aromatic carbocycles. The Morgan fingerprint density at radius 2 is 1.89 bits per heavy atom. The molecule has 0 amide bonds. The van der Waals surface area contributed by atoms with E-state index < -0.39 is 4.92 Å². The van der Waals surface area contributed by atoms with Crippen LogP contribution in [-0.4, -0.2) is 4.92 Å². The van der Waals surface area contributed by atoms with Crippen LogP contribution in [0.25, 0.3) is 0 Å². The Morgan fingerprint density at radius 1 is 1.21 bits per heavy atom. The second-order valence-electron chi connectivity index (χ2n) is 4.35. The summed E-state index contributed by atoms with van der Waals surface area (Å²) in [5.74, 6) is 0.0120. The number of nitrogens with two attached hydrogens (primary N) is 1. The lowest BCUT2D eigenvalue weighted by atomic mass is 9.92. The Labute approximate surface area is 116 Å². The second kappa shape index (κ2) is 5.28. The largest absolute Gasteiger partial charge is 0.393 e. The first-order chi connectivity index (χ1) is 8.99. The zero-order chi connectivity index (χ0) is 14.0. The Kier molecular flexibility index (Phi) is 3.71. The molecule has 0 aliphatic carbocycles. The molecule has 0 bridgehead atoms. The van der Waals surface area contributed by atoms with E-state index in [4.69, 9.17) is 17.3 Å². The molecule has 0 radical (unpaired) electrons. The molecule has 2 N–H and O–H groups in total. The van der Waals surface area contributed by atoms with Gasteiger partial charge in [-0.3, -0.25) is 10.1 Å². The molecule has 0 aliphatic heterocycles. The SMILES string of the molecule is CC(c1cccc(Cl)c1)c1ccc(N)c([N+](=O)[O-])c1. The highest BCUT2D eigenvalue weighted by atomic mass is 35.5. The van der Waals surface area contributed by atoms with Gasteiger partial charge in [0.25, 0.3) is 5.69 Å². The summed E-state index contributed by atoms with van der Waals surface area (Å²) in [6, 6.07) is 12.3. The van der Waals surface area contributed by atoms with Crippen molar-refractivity contribution in [2.75, 3.05) is 5.73 Å². The summed E-state index contributed by atoms with van der Waals surface area (Å²) in [5, 5.41) is 11.5. The molecule has 0 heterocycles. The van der Waals surface area contributed by atoms with Crippen LogP contribution in [0.15, 0.2) is 42.5 Å². The van der Waals surface area contributed by atoms with Crippen LogP contribution < -0.4 is 5.73 Å². The fourth-order valence-corrected chi connectivity index (χ4v) is 2.16. The van der Waals surface area contributed by atoms with Crippen molar-refractivity contribution < 1.29 is 4.92 Å². The van der Waals surface area contributed by atoms with Crippen molar-refractivity contribution in [1.29, 1.82) is 0 Å². The predicted molar refractivity (Wildman–Crippen MR) is 76.5 cm³/mol. The number of rotatable bonds is 3. The molecule has 0 saturated carbocycles. The van der Waals surface area contributed by atoms with E-state index in [-0.39, 0.29) is 17.3 Å². The van der Waals surface area contributed by atoms with Gasteiger partial charge in [-0.2, -0.15) is 0 Å². The normalized spacial score (nSPS) is 12.1. The average molecular weight is 277 g/mol. The summed E-state index contributed by atoms with van der Waals surface area (Å²) in [6.07, 6.45) is 0. The van der Waals surface area contributed by atoms with Crippen LogP contribution >= 0.6 is 11.6 Å². The number of nitrogen functional groups attached to an aromatic ring is 1. The Morgan fingerprint density at radius 3 is 2.53 bits per heavy atom. The summed E-state index contributed by atoms with van der Waals surface area (Å²) in [6.45, 7) is 1.97. The lowest BCUT2D eigenvalue weighted by Crippen LogP contribution is -2.00. The first-order valence-electron chi connectivity index (χ1n) is 5.78.